The van der Waals surface area contributed by atoms with Gasteiger partial charge >= 0.3 is 12.1 Å². The average molecular weight is 351 g/mol. The van der Waals surface area contributed by atoms with Crippen molar-refractivity contribution in [3.05, 3.63) is 29.3 Å². The molecule has 3 rings (SSSR count). The van der Waals surface area contributed by atoms with E-state index in [2.05, 4.69) is 10.6 Å². The number of halogens is 1. The highest BCUT2D eigenvalue weighted by atomic mass is 35.5. The van der Waals surface area contributed by atoms with Crippen molar-refractivity contribution < 1.29 is 9.59 Å². The van der Waals surface area contributed by atoms with Gasteiger partial charge in [-0.2, -0.15) is 0 Å². The van der Waals surface area contributed by atoms with E-state index in [1.165, 1.54) is 0 Å². The summed E-state index contributed by atoms with van der Waals surface area (Å²) < 4.78 is 0. The molecule has 1 unspecified atom stereocenters. The first kappa shape index (κ1) is 16.9. The molecule has 130 valence electrons. The molecule has 0 saturated carbocycles. The summed E-state index contributed by atoms with van der Waals surface area (Å²) in [5.74, 6) is 0. The molecule has 1 aromatic rings. The van der Waals surface area contributed by atoms with Crippen LogP contribution in [0.2, 0.25) is 5.02 Å². The van der Waals surface area contributed by atoms with Gasteiger partial charge in [0, 0.05) is 42.9 Å². The lowest BCUT2D eigenvalue weighted by Gasteiger charge is -2.35. The molecule has 4 amide bonds. The number of hydrogen-bond acceptors (Lipinski definition) is 2. The summed E-state index contributed by atoms with van der Waals surface area (Å²) >= 11 is 5.83. The van der Waals surface area contributed by atoms with E-state index < -0.39 is 0 Å². The van der Waals surface area contributed by atoms with Crippen LogP contribution in [0.3, 0.4) is 0 Å². The van der Waals surface area contributed by atoms with Crippen molar-refractivity contribution in [1.82, 2.24) is 15.1 Å². The molecule has 2 fully saturated rings. The van der Waals surface area contributed by atoms with Gasteiger partial charge in [-0.15, -0.1) is 0 Å². The first-order valence-corrected chi connectivity index (χ1v) is 8.86. The molecule has 0 spiro atoms. The van der Waals surface area contributed by atoms with Gasteiger partial charge in [-0.05, 0) is 49.9 Å². The van der Waals surface area contributed by atoms with Crippen LogP contribution in [0.15, 0.2) is 24.3 Å². The lowest BCUT2D eigenvalue weighted by Crippen LogP contribution is -2.53. The van der Waals surface area contributed by atoms with Crippen molar-refractivity contribution in [2.45, 2.75) is 31.7 Å². The molecule has 0 bridgehead atoms. The minimum atomic E-state index is -0.252. The second-order valence-corrected chi connectivity index (χ2v) is 6.80. The molecule has 2 aliphatic rings. The van der Waals surface area contributed by atoms with Gasteiger partial charge in [-0.3, -0.25) is 0 Å². The third-order valence-corrected chi connectivity index (χ3v) is 4.76. The number of piperidine rings is 1. The number of urea groups is 2. The van der Waals surface area contributed by atoms with Gasteiger partial charge in [0.1, 0.15) is 0 Å². The summed E-state index contributed by atoms with van der Waals surface area (Å²) in [6.45, 7) is 3.05. The summed E-state index contributed by atoms with van der Waals surface area (Å²) in [4.78, 5) is 28.4. The van der Waals surface area contributed by atoms with Gasteiger partial charge < -0.3 is 20.4 Å². The maximum Gasteiger partial charge on any atom is 0.320 e. The molecule has 0 aliphatic carbocycles. The number of amides is 4. The van der Waals surface area contributed by atoms with Crippen molar-refractivity contribution in [3.8, 4) is 0 Å². The Balaban J connectivity index is 1.50. The Labute approximate surface area is 147 Å². The molecule has 1 aromatic carbocycles. The zero-order valence-corrected chi connectivity index (χ0v) is 14.4. The molecule has 1 atom stereocenters. The number of carbonyl (C=O) groups is 2. The van der Waals surface area contributed by atoms with E-state index in [1.54, 1.807) is 24.3 Å². The number of rotatable bonds is 2. The first-order valence-electron chi connectivity index (χ1n) is 8.49. The first-order chi connectivity index (χ1) is 11.6. The second-order valence-electron chi connectivity index (χ2n) is 6.37. The maximum absolute atomic E-state index is 12.5. The number of anilines is 1. The van der Waals surface area contributed by atoms with Crippen LogP contribution in [0.25, 0.3) is 0 Å². The van der Waals surface area contributed by atoms with Gasteiger partial charge in [0.25, 0.3) is 0 Å². The molecule has 0 radical (unpaired) electrons. The van der Waals surface area contributed by atoms with Crippen molar-refractivity contribution in [2.24, 2.45) is 0 Å². The Morgan fingerprint density at radius 1 is 1.00 bits per heavy atom. The van der Waals surface area contributed by atoms with Gasteiger partial charge in [0.15, 0.2) is 0 Å². The smallest absolute Gasteiger partial charge is 0.320 e. The highest BCUT2D eigenvalue weighted by molar-refractivity contribution is 6.30. The van der Waals surface area contributed by atoms with E-state index in [0.29, 0.717) is 17.3 Å². The number of hydrogen-bond donors (Lipinski definition) is 2. The standard InChI is InChI=1S/C17H23ClN4O2/c18-13-5-7-14(8-6-13)19-16(23)20-15-4-3-11-22(12-15)17(24)21-9-1-2-10-21/h5-8,15H,1-4,9-12H2,(H2,19,20,23). The molecular weight excluding hydrogens is 328 g/mol. The Morgan fingerprint density at radius 2 is 1.67 bits per heavy atom. The molecular formula is C17H23ClN4O2. The van der Waals surface area contributed by atoms with Crippen LogP contribution in [-0.2, 0) is 0 Å². The minimum Gasteiger partial charge on any atom is -0.333 e. The van der Waals surface area contributed by atoms with Crippen LogP contribution in [0.1, 0.15) is 25.7 Å². The fourth-order valence-corrected chi connectivity index (χ4v) is 3.39. The Bertz CT molecular complexity index is 587. The molecule has 6 nitrogen and oxygen atoms in total. The fourth-order valence-electron chi connectivity index (χ4n) is 3.26. The lowest BCUT2D eigenvalue weighted by molar-refractivity contribution is 0.143. The van der Waals surface area contributed by atoms with E-state index in [1.807, 2.05) is 9.80 Å². The second kappa shape index (κ2) is 7.75. The van der Waals surface area contributed by atoms with Gasteiger partial charge in [0.2, 0.25) is 0 Å². The Kier molecular flexibility index (Phi) is 5.45. The lowest BCUT2D eigenvalue weighted by atomic mass is 10.1. The largest absolute Gasteiger partial charge is 0.333 e. The van der Waals surface area contributed by atoms with Crippen molar-refractivity contribution in [3.63, 3.8) is 0 Å². The maximum atomic E-state index is 12.5. The Hall–Kier alpha value is -1.95. The highest BCUT2D eigenvalue weighted by Gasteiger charge is 2.29. The molecule has 0 aromatic heterocycles. The summed E-state index contributed by atoms with van der Waals surface area (Å²) in [6, 6.07) is 6.81. The SMILES string of the molecule is O=C(Nc1ccc(Cl)cc1)NC1CCCN(C(=O)N2CCCC2)C1. The van der Waals surface area contributed by atoms with Crippen LogP contribution >= 0.6 is 11.6 Å². The quantitative estimate of drug-likeness (QED) is 0.860. The number of nitrogens with zero attached hydrogens (tertiary/aromatic N) is 2. The minimum absolute atomic E-state index is 0.0161. The zero-order chi connectivity index (χ0) is 16.9. The summed E-state index contributed by atoms with van der Waals surface area (Å²) in [6.07, 6.45) is 3.97. The van der Waals surface area contributed by atoms with Crippen LogP contribution in [0.5, 0.6) is 0 Å². The predicted molar refractivity (Wildman–Crippen MR) is 94.4 cm³/mol. The zero-order valence-electron chi connectivity index (χ0n) is 13.6. The van der Waals surface area contributed by atoms with Crippen molar-refractivity contribution in [1.29, 1.82) is 0 Å². The van der Waals surface area contributed by atoms with Gasteiger partial charge in [-0.25, -0.2) is 9.59 Å². The Morgan fingerprint density at radius 3 is 2.38 bits per heavy atom. The third kappa shape index (κ3) is 4.32. The van der Waals surface area contributed by atoms with Crippen molar-refractivity contribution >= 4 is 29.4 Å². The number of benzene rings is 1. The van der Waals surface area contributed by atoms with E-state index in [9.17, 15) is 9.59 Å². The van der Waals surface area contributed by atoms with E-state index in [-0.39, 0.29) is 18.1 Å². The van der Waals surface area contributed by atoms with Crippen LogP contribution < -0.4 is 10.6 Å². The average Bonchev–Trinajstić information content (AvgIpc) is 3.11. The number of nitrogens with one attached hydrogen (secondary N) is 2. The van der Waals surface area contributed by atoms with Crippen LogP contribution in [0.4, 0.5) is 15.3 Å². The molecule has 2 heterocycles. The molecule has 7 heteroatoms. The van der Waals surface area contributed by atoms with Crippen LogP contribution in [-0.4, -0.2) is 54.1 Å². The summed E-state index contributed by atoms with van der Waals surface area (Å²) in [5.41, 5.74) is 0.692. The van der Waals surface area contributed by atoms with E-state index >= 15 is 0 Å². The number of likely N-dealkylation sites (tertiary alicyclic amines) is 2. The normalized spacial score (nSPS) is 20.8. The summed E-state index contributed by atoms with van der Waals surface area (Å²) in [7, 11) is 0. The topological polar surface area (TPSA) is 64.7 Å². The fraction of sp³-hybridized carbons (Fsp3) is 0.529. The monoisotopic (exact) mass is 350 g/mol. The van der Waals surface area contributed by atoms with Gasteiger partial charge in [0.05, 0.1) is 0 Å². The molecule has 2 saturated heterocycles. The molecule has 2 N–H and O–H groups in total. The van der Waals surface area contributed by atoms with E-state index in [0.717, 1.165) is 45.3 Å². The molecule has 24 heavy (non-hydrogen) atoms. The third-order valence-electron chi connectivity index (χ3n) is 4.51. The molecule has 2 aliphatic heterocycles. The highest BCUT2D eigenvalue weighted by Crippen LogP contribution is 2.17. The van der Waals surface area contributed by atoms with E-state index in [4.69, 9.17) is 11.6 Å². The summed E-state index contributed by atoms with van der Waals surface area (Å²) in [5, 5.41) is 6.38. The van der Waals surface area contributed by atoms with Crippen LogP contribution in [0, 0.1) is 0 Å². The predicted octanol–water partition coefficient (Wildman–Crippen LogP) is 3.14. The number of carbonyl (C=O) groups excluding carboxylic acids is 2. The van der Waals surface area contributed by atoms with Gasteiger partial charge in [-0.1, -0.05) is 11.6 Å². The van der Waals surface area contributed by atoms with Crippen molar-refractivity contribution in [2.75, 3.05) is 31.5 Å².